The van der Waals surface area contributed by atoms with Crippen molar-refractivity contribution in [2.75, 3.05) is 13.1 Å². The summed E-state index contributed by atoms with van der Waals surface area (Å²) in [6, 6.07) is 1.04. The normalized spacial score (nSPS) is 36.0. The van der Waals surface area contributed by atoms with E-state index >= 15 is 0 Å². The molecule has 3 atom stereocenters. The molecule has 84 valence electrons. The molecular weight excluding hydrogens is 172 g/mol. The molecule has 0 spiro atoms. The van der Waals surface area contributed by atoms with E-state index in [9.17, 15) is 0 Å². The SMILES string of the molecule is CC1C(N)CCN(CC(C)(C)C)C1C. The summed E-state index contributed by atoms with van der Waals surface area (Å²) < 4.78 is 0. The van der Waals surface area contributed by atoms with E-state index in [4.69, 9.17) is 5.73 Å². The minimum absolute atomic E-state index is 0.398. The van der Waals surface area contributed by atoms with Gasteiger partial charge >= 0.3 is 0 Å². The van der Waals surface area contributed by atoms with Crippen LogP contribution in [0.2, 0.25) is 0 Å². The van der Waals surface area contributed by atoms with Gasteiger partial charge in [-0.05, 0) is 31.2 Å². The van der Waals surface area contributed by atoms with E-state index in [2.05, 4.69) is 39.5 Å². The van der Waals surface area contributed by atoms with Crippen LogP contribution in [0, 0.1) is 11.3 Å². The van der Waals surface area contributed by atoms with Gasteiger partial charge in [0.1, 0.15) is 0 Å². The number of likely N-dealkylation sites (tertiary alicyclic amines) is 1. The van der Waals surface area contributed by atoms with Crippen LogP contribution in [0.25, 0.3) is 0 Å². The zero-order valence-corrected chi connectivity index (χ0v) is 10.4. The smallest absolute Gasteiger partial charge is 0.0108 e. The van der Waals surface area contributed by atoms with Crippen LogP contribution in [0.5, 0.6) is 0 Å². The van der Waals surface area contributed by atoms with Gasteiger partial charge in [0.05, 0.1) is 0 Å². The third-order valence-corrected chi connectivity index (χ3v) is 3.44. The highest BCUT2D eigenvalue weighted by Crippen LogP contribution is 2.26. The van der Waals surface area contributed by atoms with Crippen molar-refractivity contribution in [3.8, 4) is 0 Å². The Bertz CT molecular complexity index is 183. The Morgan fingerprint density at radius 3 is 2.36 bits per heavy atom. The molecule has 3 unspecified atom stereocenters. The molecular formula is C12H26N2. The van der Waals surface area contributed by atoms with Gasteiger partial charge in [0.2, 0.25) is 0 Å². The van der Waals surface area contributed by atoms with Crippen molar-refractivity contribution in [3.05, 3.63) is 0 Å². The fraction of sp³-hybridized carbons (Fsp3) is 1.00. The molecule has 0 aliphatic carbocycles. The van der Waals surface area contributed by atoms with Crippen molar-refractivity contribution in [1.82, 2.24) is 4.90 Å². The highest BCUT2D eigenvalue weighted by atomic mass is 15.2. The lowest BCUT2D eigenvalue weighted by Crippen LogP contribution is -2.53. The molecule has 2 nitrogen and oxygen atoms in total. The Hall–Kier alpha value is -0.0800. The van der Waals surface area contributed by atoms with Crippen LogP contribution in [0.3, 0.4) is 0 Å². The summed E-state index contributed by atoms with van der Waals surface area (Å²) in [6.07, 6.45) is 1.15. The predicted octanol–water partition coefficient (Wildman–Crippen LogP) is 2.09. The first-order chi connectivity index (χ1) is 6.31. The first kappa shape index (κ1) is 12.0. The molecule has 1 saturated heterocycles. The lowest BCUT2D eigenvalue weighted by molar-refractivity contribution is 0.0662. The number of hydrogen-bond donors (Lipinski definition) is 1. The Morgan fingerprint density at radius 2 is 1.86 bits per heavy atom. The highest BCUT2D eigenvalue weighted by Gasteiger charge is 2.31. The maximum atomic E-state index is 6.07. The van der Waals surface area contributed by atoms with Crippen LogP contribution < -0.4 is 5.73 Å². The maximum Gasteiger partial charge on any atom is 0.0108 e. The first-order valence-electron chi connectivity index (χ1n) is 5.81. The molecule has 2 heteroatoms. The average Bonchev–Trinajstić information content (AvgIpc) is 2.04. The Labute approximate surface area is 88.8 Å². The highest BCUT2D eigenvalue weighted by molar-refractivity contribution is 4.88. The molecule has 0 amide bonds. The first-order valence-corrected chi connectivity index (χ1v) is 5.81. The predicted molar refractivity (Wildman–Crippen MR) is 62.2 cm³/mol. The minimum atomic E-state index is 0.398. The van der Waals surface area contributed by atoms with Crippen molar-refractivity contribution in [2.24, 2.45) is 17.1 Å². The lowest BCUT2D eigenvalue weighted by Gasteiger charge is -2.43. The van der Waals surface area contributed by atoms with E-state index < -0.39 is 0 Å². The Balaban J connectivity index is 2.55. The van der Waals surface area contributed by atoms with Crippen LogP contribution >= 0.6 is 0 Å². The van der Waals surface area contributed by atoms with E-state index in [0.29, 0.717) is 23.4 Å². The van der Waals surface area contributed by atoms with Crippen LogP contribution in [0.1, 0.15) is 41.0 Å². The summed E-state index contributed by atoms with van der Waals surface area (Å²) in [5.74, 6) is 0.631. The van der Waals surface area contributed by atoms with Crippen LogP contribution in [-0.4, -0.2) is 30.1 Å². The third kappa shape index (κ3) is 2.96. The van der Waals surface area contributed by atoms with Gasteiger partial charge in [-0.2, -0.15) is 0 Å². The van der Waals surface area contributed by atoms with Crippen molar-refractivity contribution in [1.29, 1.82) is 0 Å². The summed E-state index contributed by atoms with van der Waals surface area (Å²) in [7, 11) is 0. The van der Waals surface area contributed by atoms with Crippen LogP contribution in [-0.2, 0) is 0 Å². The number of nitrogens with two attached hydrogens (primary N) is 1. The fourth-order valence-electron chi connectivity index (χ4n) is 2.30. The molecule has 0 saturated carbocycles. The van der Waals surface area contributed by atoms with Gasteiger partial charge in [0, 0.05) is 18.6 Å². The van der Waals surface area contributed by atoms with Crippen molar-refractivity contribution in [2.45, 2.75) is 53.1 Å². The Morgan fingerprint density at radius 1 is 1.29 bits per heavy atom. The van der Waals surface area contributed by atoms with Crippen LogP contribution in [0.4, 0.5) is 0 Å². The molecule has 1 aliphatic heterocycles. The van der Waals surface area contributed by atoms with E-state index in [0.717, 1.165) is 6.42 Å². The van der Waals surface area contributed by atoms with E-state index in [1.165, 1.54) is 13.1 Å². The van der Waals surface area contributed by atoms with Gasteiger partial charge in [-0.3, -0.25) is 4.90 Å². The maximum absolute atomic E-state index is 6.07. The monoisotopic (exact) mass is 198 g/mol. The van der Waals surface area contributed by atoms with E-state index in [-0.39, 0.29) is 0 Å². The second kappa shape index (κ2) is 4.19. The van der Waals surface area contributed by atoms with Crippen LogP contribution in [0.15, 0.2) is 0 Å². The third-order valence-electron chi connectivity index (χ3n) is 3.44. The summed E-state index contributed by atoms with van der Waals surface area (Å²) in [5, 5.41) is 0. The van der Waals surface area contributed by atoms with Crippen molar-refractivity contribution >= 4 is 0 Å². The second-order valence-electron chi connectivity index (χ2n) is 6.08. The Kier molecular flexibility index (Phi) is 3.59. The number of nitrogens with zero attached hydrogens (tertiary/aromatic N) is 1. The summed E-state index contributed by atoms with van der Waals surface area (Å²) in [6.45, 7) is 13.9. The molecule has 1 heterocycles. The summed E-state index contributed by atoms with van der Waals surface area (Å²) in [5.41, 5.74) is 6.47. The molecule has 1 aliphatic rings. The van der Waals surface area contributed by atoms with E-state index in [1.54, 1.807) is 0 Å². The van der Waals surface area contributed by atoms with Gasteiger partial charge in [-0.1, -0.05) is 27.7 Å². The molecule has 1 fully saturated rings. The van der Waals surface area contributed by atoms with Crippen molar-refractivity contribution < 1.29 is 0 Å². The molecule has 1 rings (SSSR count). The molecule has 0 aromatic carbocycles. The fourth-order valence-corrected chi connectivity index (χ4v) is 2.30. The molecule has 0 aromatic rings. The lowest BCUT2D eigenvalue weighted by atomic mass is 9.85. The largest absolute Gasteiger partial charge is 0.327 e. The molecule has 14 heavy (non-hydrogen) atoms. The molecule has 0 bridgehead atoms. The summed E-state index contributed by atoms with van der Waals surface area (Å²) >= 11 is 0. The van der Waals surface area contributed by atoms with Gasteiger partial charge in [0.15, 0.2) is 0 Å². The number of piperidine rings is 1. The quantitative estimate of drug-likeness (QED) is 0.699. The van der Waals surface area contributed by atoms with Gasteiger partial charge < -0.3 is 5.73 Å². The zero-order valence-electron chi connectivity index (χ0n) is 10.4. The zero-order chi connectivity index (χ0) is 10.9. The topological polar surface area (TPSA) is 29.3 Å². The standard InChI is InChI=1S/C12H26N2/c1-9-10(2)14(7-6-11(9)13)8-12(3,4)5/h9-11H,6-8,13H2,1-5H3. The molecule has 2 N–H and O–H groups in total. The number of rotatable bonds is 1. The molecule has 0 aromatic heterocycles. The van der Waals surface area contributed by atoms with Gasteiger partial charge in [-0.15, -0.1) is 0 Å². The molecule has 0 radical (unpaired) electrons. The second-order valence-corrected chi connectivity index (χ2v) is 6.08. The van der Waals surface area contributed by atoms with Crippen molar-refractivity contribution in [3.63, 3.8) is 0 Å². The summed E-state index contributed by atoms with van der Waals surface area (Å²) in [4.78, 5) is 2.59. The van der Waals surface area contributed by atoms with E-state index in [1.807, 2.05) is 0 Å². The van der Waals surface area contributed by atoms with Gasteiger partial charge in [-0.25, -0.2) is 0 Å². The van der Waals surface area contributed by atoms with Gasteiger partial charge in [0.25, 0.3) is 0 Å². The average molecular weight is 198 g/mol. The minimum Gasteiger partial charge on any atom is -0.327 e. The number of hydrogen-bond acceptors (Lipinski definition) is 2.